The van der Waals surface area contributed by atoms with Crippen molar-refractivity contribution in [3.8, 4) is 0 Å². The summed E-state index contributed by atoms with van der Waals surface area (Å²) < 4.78 is 15.0. The monoisotopic (exact) mass is 289 g/mol. The summed E-state index contributed by atoms with van der Waals surface area (Å²) >= 11 is 0. The molecule has 0 bridgehead atoms. The Morgan fingerprint density at radius 3 is 2.57 bits per heavy atom. The molecule has 1 heterocycles. The molecule has 21 heavy (non-hydrogen) atoms. The molecule has 0 aliphatic heterocycles. The van der Waals surface area contributed by atoms with E-state index in [4.69, 9.17) is 5.73 Å². The average Bonchev–Trinajstić information content (AvgIpc) is 2.65. The second-order valence-corrected chi connectivity index (χ2v) is 5.85. The normalized spacial score (nSPS) is 12.7. The van der Waals surface area contributed by atoms with Gasteiger partial charge in [0.15, 0.2) is 0 Å². The van der Waals surface area contributed by atoms with Crippen LogP contribution in [0.15, 0.2) is 18.2 Å². The van der Waals surface area contributed by atoms with Crippen LogP contribution < -0.4 is 5.73 Å². The van der Waals surface area contributed by atoms with Gasteiger partial charge in [-0.05, 0) is 68.9 Å². The maximum Gasteiger partial charge on any atom is 0.123 e. The van der Waals surface area contributed by atoms with E-state index in [1.807, 2.05) is 31.6 Å². The van der Waals surface area contributed by atoms with Crippen molar-refractivity contribution in [2.45, 2.75) is 46.1 Å². The van der Waals surface area contributed by atoms with Gasteiger partial charge in [-0.15, -0.1) is 0 Å². The molecule has 2 N–H and O–H groups in total. The highest BCUT2D eigenvalue weighted by molar-refractivity contribution is 5.28. The molecule has 0 saturated heterocycles. The third-order valence-corrected chi connectivity index (χ3v) is 4.21. The van der Waals surface area contributed by atoms with Crippen molar-refractivity contribution in [3.63, 3.8) is 0 Å². The molecule has 1 unspecified atom stereocenters. The van der Waals surface area contributed by atoms with Gasteiger partial charge in [-0.2, -0.15) is 5.10 Å². The van der Waals surface area contributed by atoms with Crippen molar-refractivity contribution < 1.29 is 4.39 Å². The lowest BCUT2D eigenvalue weighted by Gasteiger charge is -2.14. The molecule has 0 spiro atoms. The van der Waals surface area contributed by atoms with Crippen LogP contribution in [0.5, 0.6) is 0 Å². The van der Waals surface area contributed by atoms with E-state index in [0.29, 0.717) is 0 Å². The van der Waals surface area contributed by atoms with Crippen LogP contribution in [-0.2, 0) is 19.9 Å². The Kier molecular flexibility index (Phi) is 4.78. The van der Waals surface area contributed by atoms with Crippen molar-refractivity contribution in [2.75, 3.05) is 0 Å². The van der Waals surface area contributed by atoms with Crippen molar-refractivity contribution in [2.24, 2.45) is 12.8 Å². The van der Waals surface area contributed by atoms with Gasteiger partial charge < -0.3 is 5.73 Å². The Hall–Kier alpha value is -1.68. The lowest BCUT2D eigenvalue weighted by Crippen LogP contribution is -2.24. The van der Waals surface area contributed by atoms with Crippen LogP contribution in [0.25, 0.3) is 0 Å². The molecule has 3 nitrogen and oxygen atoms in total. The fraction of sp³-hybridized carbons (Fsp3) is 0.471. The first-order valence-corrected chi connectivity index (χ1v) is 7.38. The summed E-state index contributed by atoms with van der Waals surface area (Å²) in [5, 5.41) is 4.43. The number of nitrogens with zero attached hydrogens (tertiary/aromatic N) is 2. The molecule has 2 aromatic rings. The number of hydrogen-bond acceptors (Lipinski definition) is 2. The molecule has 0 amide bonds. The smallest absolute Gasteiger partial charge is 0.123 e. The number of halogens is 1. The number of aryl methyl sites for hydroxylation is 3. The molecule has 1 aromatic carbocycles. The summed E-state index contributed by atoms with van der Waals surface area (Å²) in [6, 6.07) is 4.99. The average molecular weight is 289 g/mol. The standard InChI is InChI=1S/C17H24FN3/c1-11-9-15(18)6-5-14(11)10-16(19)7-8-17-12(2)20-21(4)13(17)3/h5-6,9,16H,7-8,10,19H2,1-4H3. The minimum Gasteiger partial charge on any atom is -0.327 e. The van der Waals surface area contributed by atoms with Crippen LogP contribution in [0, 0.1) is 26.6 Å². The van der Waals surface area contributed by atoms with Gasteiger partial charge in [0.05, 0.1) is 5.69 Å². The fourth-order valence-corrected chi connectivity index (χ4v) is 2.78. The molecular weight excluding hydrogens is 265 g/mol. The predicted molar refractivity (Wildman–Crippen MR) is 83.8 cm³/mol. The molecule has 0 saturated carbocycles. The van der Waals surface area contributed by atoms with Gasteiger partial charge in [0.25, 0.3) is 0 Å². The van der Waals surface area contributed by atoms with Crippen LogP contribution >= 0.6 is 0 Å². The van der Waals surface area contributed by atoms with E-state index in [2.05, 4.69) is 12.0 Å². The summed E-state index contributed by atoms with van der Waals surface area (Å²) in [7, 11) is 1.97. The zero-order chi connectivity index (χ0) is 15.6. The van der Waals surface area contributed by atoms with Crippen molar-refractivity contribution in [3.05, 3.63) is 52.1 Å². The van der Waals surface area contributed by atoms with Crippen molar-refractivity contribution in [1.82, 2.24) is 9.78 Å². The van der Waals surface area contributed by atoms with Gasteiger partial charge in [0.2, 0.25) is 0 Å². The van der Waals surface area contributed by atoms with Gasteiger partial charge in [-0.3, -0.25) is 4.68 Å². The number of aromatic nitrogens is 2. The Labute approximate surface area is 126 Å². The Morgan fingerprint density at radius 2 is 2.00 bits per heavy atom. The molecule has 0 aliphatic carbocycles. The zero-order valence-corrected chi connectivity index (χ0v) is 13.3. The van der Waals surface area contributed by atoms with E-state index < -0.39 is 0 Å². The topological polar surface area (TPSA) is 43.8 Å². The molecular formula is C17H24FN3. The van der Waals surface area contributed by atoms with E-state index in [-0.39, 0.29) is 11.9 Å². The van der Waals surface area contributed by atoms with Crippen LogP contribution in [0.2, 0.25) is 0 Å². The zero-order valence-electron chi connectivity index (χ0n) is 13.3. The van der Waals surface area contributed by atoms with Gasteiger partial charge in [-0.25, -0.2) is 4.39 Å². The number of nitrogens with two attached hydrogens (primary N) is 1. The number of rotatable bonds is 5. The Morgan fingerprint density at radius 1 is 1.29 bits per heavy atom. The molecule has 114 valence electrons. The lowest BCUT2D eigenvalue weighted by atomic mass is 9.96. The molecule has 1 atom stereocenters. The van der Waals surface area contributed by atoms with Crippen LogP contribution in [0.3, 0.4) is 0 Å². The Balaban J connectivity index is 1.97. The van der Waals surface area contributed by atoms with Crippen LogP contribution in [0.4, 0.5) is 4.39 Å². The quantitative estimate of drug-likeness (QED) is 0.919. The molecule has 0 radical (unpaired) electrons. The van der Waals surface area contributed by atoms with E-state index in [9.17, 15) is 4.39 Å². The lowest BCUT2D eigenvalue weighted by molar-refractivity contribution is 0.600. The summed E-state index contributed by atoms with van der Waals surface area (Å²) in [5.74, 6) is -0.188. The molecule has 0 fully saturated rings. The first-order chi connectivity index (χ1) is 9.88. The highest BCUT2D eigenvalue weighted by atomic mass is 19.1. The first kappa shape index (κ1) is 15.7. The van der Waals surface area contributed by atoms with E-state index in [1.165, 1.54) is 17.3 Å². The molecule has 1 aromatic heterocycles. The maximum absolute atomic E-state index is 13.1. The molecule has 0 aliphatic rings. The second kappa shape index (κ2) is 6.39. The van der Waals surface area contributed by atoms with E-state index in [0.717, 1.165) is 36.1 Å². The molecule has 4 heteroatoms. The maximum atomic E-state index is 13.1. The van der Waals surface area contributed by atoms with Gasteiger partial charge >= 0.3 is 0 Å². The van der Waals surface area contributed by atoms with E-state index >= 15 is 0 Å². The van der Waals surface area contributed by atoms with Crippen LogP contribution in [-0.4, -0.2) is 15.8 Å². The summed E-state index contributed by atoms with van der Waals surface area (Å²) in [5.41, 5.74) is 11.9. The van der Waals surface area contributed by atoms with Crippen molar-refractivity contribution in [1.29, 1.82) is 0 Å². The fourth-order valence-electron chi connectivity index (χ4n) is 2.78. The third-order valence-electron chi connectivity index (χ3n) is 4.21. The highest BCUT2D eigenvalue weighted by Gasteiger charge is 2.12. The summed E-state index contributed by atoms with van der Waals surface area (Å²) in [6.07, 6.45) is 2.63. The van der Waals surface area contributed by atoms with Gasteiger partial charge in [0, 0.05) is 18.8 Å². The Bertz CT molecular complexity index is 631. The van der Waals surface area contributed by atoms with Crippen LogP contribution in [0.1, 0.15) is 34.5 Å². The third kappa shape index (κ3) is 3.70. The first-order valence-electron chi connectivity index (χ1n) is 7.38. The molecule has 2 rings (SSSR count). The summed E-state index contributed by atoms with van der Waals surface area (Å²) in [4.78, 5) is 0. The van der Waals surface area contributed by atoms with Crippen molar-refractivity contribution >= 4 is 0 Å². The second-order valence-electron chi connectivity index (χ2n) is 5.85. The predicted octanol–water partition coefficient (Wildman–Crippen LogP) is 2.99. The van der Waals surface area contributed by atoms with Gasteiger partial charge in [0.1, 0.15) is 5.82 Å². The number of benzene rings is 1. The summed E-state index contributed by atoms with van der Waals surface area (Å²) in [6.45, 7) is 6.06. The minimum atomic E-state index is -0.188. The SMILES string of the molecule is Cc1cc(F)ccc1CC(N)CCc1c(C)nn(C)c1C. The minimum absolute atomic E-state index is 0.0770. The van der Waals surface area contributed by atoms with E-state index in [1.54, 1.807) is 6.07 Å². The highest BCUT2D eigenvalue weighted by Crippen LogP contribution is 2.17. The largest absolute Gasteiger partial charge is 0.327 e. The number of hydrogen-bond donors (Lipinski definition) is 1. The van der Waals surface area contributed by atoms with Gasteiger partial charge in [-0.1, -0.05) is 6.07 Å².